The van der Waals surface area contributed by atoms with Gasteiger partial charge in [-0.15, -0.1) is 0 Å². The van der Waals surface area contributed by atoms with Gasteiger partial charge in [-0.05, 0) is 25.0 Å². The highest BCUT2D eigenvalue weighted by atomic mass is 16.1. The van der Waals surface area contributed by atoms with Gasteiger partial charge in [0, 0.05) is 12.2 Å². The van der Waals surface area contributed by atoms with Gasteiger partial charge in [0.1, 0.15) is 5.82 Å². The maximum Gasteiger partial charge on any atom is 0.215 e. The van der Waals surface area contributed by atoms with Crippen LogP contribution in [-0.4, -0.2) is 17.4 Å². The first-order valence-corrected chi connectivity index (χ1v) is 4.06. The molecule has 0 unspecified atom stereocenters. The fraction of sp³-hybridized carbons (Fsp3) is 0.333. The summed E-state index contributed by atoms with van der Waals surface area (Å²) in [6.45, 7) is 0. The van der Waals surface area contributed by atoms with Crippen LogP contribution in [0.5, 0.6) is 0 Å². The Hall–Kier alpha value is -1.38. The van der Waals surface area contributed by atoms with Crippen LogP contribution in [0.1, 0.15) is 12.8 Å². The standard InChI is InChI=1S/C9H10N2O/c12-7-11(8-4-5-8)9-3-1-2-6-10-9/h1-3,6-8H,4-5H2. The largest absolute Gasteiger partial charge is 0.296 e. The highest BCUT2D eigenvalue weighted by molar-refractivity contribution is 5.74. The summed E-state index contributed by atoms with van der Waals surface area (Å²) in [5.74, 6) is 0.759. The SMILES string of the molecule is O=CN(c1ccccn1)C1CC1. The third-order valence-corrected chi connectivity index (χ3v) is 1.97. The van der Waals surface area contributed by atoms with E-state index in [0.717, 1.165) is 25.1 Å². The van der Waals surface area contributed by atoms with E-state index in [0.29, 0.717) is 6.04 Å². The topological polar surface area (TPSA) is 33.2 Å². The number of rotatable bonds is 3. The van der Waals surface area contributed by atoms with Crippen LogP contribution in [0.4, 0.5) is 5.82 Å². The van der Waals surface area contributed by atoms with Gasteiger partial charge in [-0.2, -0.15) is 0 Å². The molecule has 0 aromatic carbocycles. The molecule has 0 atom stereocenters. The summed E-state index contributed by atoms with van der Waals surface area (Å²) in [7, 11) is 0. The molecular weight excluding hydrogens is 152 g/mol. The van der Waals surface area contributed by atoms with Crippen LogP contribution in [0.3, 0.4) is 0 Å². The van der Waals surface area contributed by atoms with E-state index in [1.807, 2.05) is 18.2 Å². The molecule has 12 heavy (non-hydrogen) atoms. The molecule has 1 aliphatic rings. The first kappa shape index (κ1) is 7.28. The zero-order valence-electron chi connectivity index (χ0n) is 6.68. The Morgan fingerprint density at radius 3 is 2.83 bits per heavy atom. The van der Waals surface area contributed by atoms with Crippen molar-refractivity contribution in [2.45, 2.75) is 18.9 Å². The summed E-state index contributed by atoms with van der Waals surface area (Å²) in [5.41, 5.74) is 0. The zero-order valence-corrected chi connectivity index (χ0v) is 6.68. The zero-order chi connectivity index (χ0) is 8.39. The van der Waals surface area contributed by atoms with Crippen LogP contribution < -0.4 is 4.90 Å². The minimum atomic E-state index is 0.400. The average molecular weight is 162 g/mol. The molecule has 1 amide bonds. The van der Waals surface area contributed by atoms with Gasteiger partial charge in [-0.3, -0.25) is 9.69 Å². The van der Waals surface area contributed by atoms with Crippen molar-refractivity contribution in [3.05, 3.63) is 24.4 Å². The lowest BCUT2D eigenvalue weighted by Crippen LogP contribution is -2.24. The van der Waals surface area contributed by atoms with Gasteiger partial charge in [0.15, 0.2) is 0 Å². The van der Waals surface area contributed by atoms with Gasteiger partial charge >= 0.3 is 0 Å². The van der Waals surface area contributed by atoms with Crippen molar-refractivity contribution in [3.63, 3.8) is 0 Å². The van der Waals surface area contributed by atoms with Crippen LogP contribution in [0, 0.1) is 0 Å². The number of anilines is 1. The predicted octanol–water partition coefficient (Wildman–Crippen LogP) is 1.21. The van der Waals surface area contributed by atoms with Gasteiger partial charge in [0.05, 0.1) is 0 Å². The molecule has 1 aromatic rings. The number of pyridine rings is 1. The van der Waals surface area contributed by atoms with Crippen LogP contribution in [0.15, 0.2) is 24.4 Å². The third-order valence-electron chi connectivity index (χ3n) is 1.97. The van der Waals surface area contributed by atoms with Gasteiger partial charge in [0.25, 0.3) is 0 Å². The summed E-state index contributed by atoms with van der Waals surface area (Å²) in [4.78, 5) is 16.5. The van der Waals surface area contributed by atoms with Gasteiger partial charge in [-0.25, -0.2) is 4.98 Å². The van der Waals surface area contributed by atoms with E-state index < -0.39 is 0 Å². The number of carbonyl (C=O) groups excluding carboxylic acids is 1. The molecule has 3 nitrogen and oxygen atoms in total. The second-order valence-corrected chi connectivity index (χ2v) is 2.93. The molecule has 1 heterocycles. The van der Waals surface area contributed by atoms with E-state index in [1.54, 1.807) is 11.1 Å². The molecule has 0 saturated heterocycles. The van der Waals surface area contributed by atoms with Crippen LogP contribution in [0.25, 0.3) is 0 Å². The average Bonchev–Trinajstić information content (AvgIpc) is 2.92. The molecule has 62 valence electrons. The molecule has 1 saturated carbocycles. The van der Waals surface area contributed by atoms with Gasteiger partial charge in [0.2, 0.25) is 6.41 Å². The summed E-state index contributed by atoms with van der Waals surface area (Å²) in [5, 5.41) is 0. The Labute approximate surface area is 71.0 Å². The maximum atomic E-state index is 10.7. The van der Waals surface area contributed by atoms with Crippen molar-refractivity contribution in [1.29, 1.82) is 0 Å². The molecule has 0 N–H and O–H groups in total. The smallest absolute Gasteiger partial charge is 0.215 e. The molecule has 0 radical (unpaired) electrons. The minimum Gasteiger partial charge on any atom is -0.296 e. The Kier molecular flexibility index (Phi) is 1.78. The number of amides is 1. The predicted molar refractivity (Wildman–Crippen MR) is 45.8 cm³/mol. The van der Waals surface area contributed by atoms with E-state index in [-0.39, 0.29) is 0 Å². The lowest BCUT2D eigenvalue weighted by Gasteiger charge is -2.14. The first-order valence-electron chi connectivity index (χ1n) is 4.06. The quantitative estimate of drug-likeness (QED) is 0.626. The second kappa shape index (κ2) is 2.93. The van der Waals surface area contributed by atoms with E-state index in [9.17, 15) is 4.79 Å². The number of aromatic nitrogens is 1. The molecule has 0 aliphatic heterocycles. The van der Waals surface area contributed by atoms with Crippen LogP contribution in [-0.2, 0) is 4.79 Å². The summed E-state index contributed by atoms with van der Waals surface area (Å²) >= 11 is 0. The van der Waals surface area contributed by atoms with Crippen molar-refractivity contribution >= 4 is 12.2 Å². The Morgan fingerprint density at radius 2 is 2.33 bits per heavy atom. The fourth-order valence-electron chi connectivity index (χ4n) is 1.19. The number of nitrogens with zero attached hydrogens (tertiary/aromatic N) is 2. The number of hydrogen-bond donors (Lipinski definition) is 0. The molecule has 2 rings (SSSR count). The lowest BCUT2D eigenvalue weighted by molar-refractivity contribution is -0.107. The fourth-order valence-corrected chi connectivity index (χ4v) is 1.19. The highest BCUT2D eigenvalue weighted by Gasteiger charge is 2.29. The molecule has 0 bridgehead atoms. The Balaban J connectivity index is 2.21. The molecule has 1 aliphatic carbocycles. The third kappa shape index (κ3) is 1.30. The summed E-state index contributed by atoms with van der Waals surface area (Å²) < 4.78 is 0. The van der Waals surface area contributed by atoms with Crippen molar-refractivity contribution in [2.24, 2.45) is 0 Å². The van der Waals surface area contributed by atoms with E-state index in [4.69, 9.17) is 0 Å². The van der Waals surface area contributed by atoms with Gasteiger partial charge < -0.3 is 0 Å². The molecule has 1 fully saturated rings. The summed E-state index contributed by atoms with van der Waals surface area (Å²) in [6, 6.07) is 5.99. The second-order valence-electron chi connectivity index (χ2n) is 2.93. The van der Waals surface area contributed by atoms with E-state index in [2.05, 4.69) is 4.98 Å². The number of hydrogen-bond acceptors (Lipinski definition) is 2. The van der Waals surface area contributed by atoms with Crippen molar-refractivity contribution in [2.75, 3.05) is 4.90 Å². The monoisotopic (exact) mass is 162 g/mol. The van der Waals surface area contributed by atoms with E-state index in [1.165, 1.54) is 0 Å². The Morgan fingerprint density at radius 1 is 1.50 bits per heavy atom. The van der Waals surface area contributed by atoms with Gasteiger partial charge in [-0.1, -0.05) is 6.07 Å². The maximum absolute atomic E-state index is 10.7. The highest BCUT2D eigenvalue weighted by Crippen LogP contribution is 2.28. The molecule has 3 heteroatoms. The Bertz CT molecular complexity index is 269. The molecule has 1 aromatic heterocycles. The number of carbonyl (C=O) groups is 1. The van der Waals surface area contributed by atoms with Crippen molar-refractivity contribution in [3.8, 4) is 0 Å². The molecular formula is C9H10N2O. The van der Waals surface area contributed by atoms with Crippen molar-refractivity contribution < 1.29 is 4.79 Å². The lowest BCUT2D eigenvalue weighted by atomic mass is 10.4. The van der Waals surface area contributed by atoms with Crippen LogP contribution >= 0.6 is 0 Å². The van der Waals surface area contributed by atoms with Crippen molar-refractivity contribution in [1.82, 2.24) is 4.98 Å². The first-order chi connectivity index (χ1) is 5.92. The minimum absolute atomic E-state index is 0.400. The van der Waals surface area contributed by atoms with E-state index >= 15 is 0 Å². The summed E-state index contributed by atoms with van der Waals surface area (Å²) in [6.07, 6.45) is 4.78. The molecule has 0 spiro atoms. The normalized spacial score (nSPS) is 15.7. The van der Waals surface area contributed by atoms with Crippen LogP contribution in [0.2, 0.25) is 0 Å².